The number of nitrogens with one attached hydrogen (secondary N) is 1. The monoisotopic (exact) mass is 482 g/mol. The van der Waals surface area contributed by atoms with Gasteiger partial charge in [-0.3, -0.25) is 19.7 Å². The van der Waals surface area contributed by atoms with Crippen molar-refractivity contribution in [3.63, 3.8) is 0 Å². The van der Waals surface area contributed by atoms with Gasteiger partial charge >= 0.3 is 12.1 Å². The van der Waals surface area contributed by atoms with Crippen LogP contribution < -0.4 is 10.2 Å². The fourth-order valence-corrected chi connectivity index (χ4v) is 4.76. The first-order valence-corrected chi connectivity index (χ1v) is 10.2. The molecule has 174 valence electrons. The van der Waals surface area contributed by atoms with Crippen LogP contribution in [0.25, 0.3) is 0 Å². The maximum absolute atomic E-state index is 13.4. The molecule has 3 N–H and O–H groups in total. The van der Waals surface area contributed by atoms with Gasteiger partial charge in [0.25, 0.3) is 0 Å². The average Bonchev–Trinajstić information content (AvgIpc) is 3.24. The first-order chi connectivity index (χ1) is 15.4. The van der Waals surface area contributed by atoms with Gasteiger partial charge in [0.1, 0.15) is 0 Å². The number of imide groups is 1. The Morgan fingerprint density at radius 2 is 1.88 bits per heavy atom. The number of carbonyl (C=O) groups is 3. The quantitative estimate of drug-likeness (QED) is 0.578. The summed E-state index contributed by atoms with van der Waals surface area (Å²) in [6.45, 7) is 0.656. The molecular formula is C22H18ClF3N2O5. The molecule has 2 aromatic rings. The summed E-state index contributed by atoms with van der Waals surface area (Å²) in [5.74, 6) is -6.18. The van der Waals surface area contributed by atoms with Crippen molar-refractivity contribution in [3.8, 4) is 0 Å². The molecule has 2 heterocycles. The minimum atomic E-state index is -4.67. The highest BCUT2D eigenvalue weighted by atomic mass is 35.5. The summed E-state index contributed by atoms with van der Waals surface area (Å²) in [5, 5.41) is 22.8. The van der Waals surface area contributed by atoms with Gasteiger partial charge in [-0.25, -0.2) is 4.90 Å². The van der Waals surface area contributed by atoms with E-state index in [0.717, 1.165) is 23.1 Å². The van der Waals surface area contributed by atoms with Gasteiger partial charge < -0.3 is 10.2 Å². The van der Waals surface area contributed by atoms with Crippen LogP contribution in [-0.4, -0.2) is 40.1 Å². The number of benzene rings is 2. The number of nitrogens with zero attached hydrogens (tertiary/aromatic N) is 1. The number of alkyl halides is 3. The van der Waals surface area contributed by atoms with Crippen molar-refractivity contribution in [1.82, 2.24) is 5.32 Å². The number of carbonyl (C=O) groups excluding carboxylic acids is 2. The molecule has 0 bridgehead atoms. The number of anilines is 1. The molecule has 11 heteroatoms. The molecule has 7 nitrogen and oxygen atoms in total. The van der Waals surface area contributed by atoms with Crippen molar-refractivity contribution in [1.29, 1.82) is 0 Å². The van der Waals surface area contributed by atoms with Gasteiger partial charge in [0.15, 0.2) is 5.54 Å². The van der Waals surface area contributed by atoms with Crippen LogP contribution in [0, 0.1) is 18.8 Å². The van der Waals surface area contributed by atoms with Crippen LogP contribution in [0.1, 0.15) is 22.7 Å². The number of rotatable bonds is 4. The van der Waals surface area contributed by atoms with E-state index in [1.54, 1.807) is 13.0 Å². The van der Waals surface area contributed by atoms with E-state index >= 15 is 0 Å². The first kappa shape index (κ1) is 23.2. The van der Waals surface area contributed by atoms with Crippen LogP contribution in [0.3, 0.4) is 0 Å². The second-order valence-corrected chi connectivity index (χ2v) is 8.54. The standard InChI is InChI=1S/C22H18ClF3N2O5/c1-10-5-6-13(8-14(10)23)28-18(30)15-16(19(28)31)21(9-29,20(32)33)27-17(15)11-3-2-4-12(7-11)22(24,25)26/h2-8,15-17,27,29H,9H2,1H3,(H,32,33). The van der Waals surface area contributed by atoms with Crippen molar-refractivity contribution in [3.05, 3.63) is 64.2 Å². The van der Waals surface area contributed by atoms with Gasteiger partial charge in [0, 0.05) is 11.1 Å². The number of aryl methyl sites for hydroxylation is 1. The molecule has 2 aliphatic rings. The van der Waals surface area contributed by atoms with E-state index in [1.807, 2.05) is 0 Å². The van der Waals surface area contributed by atoms with Crippen LogP contribution in [0.2, 0.25) is 5.02 Å². The Morgan fingerprint density at radius 1 is 1.18 bits per heavy atom. The third kappa shape index (κ3) is 3.49. The number of carboxylic acid groups (broad SMARTS) is 1. The van der Waals surface area contributed by atoms with Gasteiger partial charge in [-0.05, 0) is 42.3 Å². The maximum atomic E-state index is 13.4. The Labute approximate surface area is 190 Å². The SMILES string of the molecule is Cc1ccc(N2C(=O)C3C(c4cccc(C(F)(F)F)c4)NC(CO)(C(=O)O)C3C2=O)cc1Cl. The highest BCUT2D eigenvalue weighted by Gasteiger charge is 2.68. The molecule has 2 saturated heterocycles. The van der Waals surface area contributed by atoms with E-state index in [9.17, 15) is 37.8 Å². The number of fused-ring (bicyclic) bond motifs is 1. The molecule has 0 saturated carbocycles. The molecule has 0 aliphatic carbocycles. The van der Waals surface area contributed by atoms with Crippen LogP contribution in [0.4, 0.5) is 18.9 Å². The molecule has 4 atom stereocenters. The minimum absolute atomic E-state index is 0.0265. The molecule has 2 aliphatic heterocycles. The third-order valence-electron chi connectivity index (χ3n) is 6.27. The van der Waals surface area contributed by atoms with Gasteiger partial charge in [-0.2, -0.15) is 13.2 Å². The minimum Gasteiger partial charge on any atom is -0.480 e. The normalized spacial score (nSPS) is 27.2. The number of hydrogen-bond donors (Lipinski definition) is 3. The lowest BCUT2D eigenvalue weighted by Crippen LogP contribution is -2.58. The van der Waals surface area contributed by atoms with E-state index in [0.29, 0.717) is 5.56 Å². The van der Waals surface area contributed by atoms with Gasteiger partial charge in [0.05, 0.1) is 29.7 Å². The first-order valence-electron chi connectivity index (χ1n) is 9.85. The lowest BCUT2D eigenvalue weighted by atomic mass is 9.79. The summed E-state index contributed by atoms with van der Waals surface area (Å²) >= 11 is 6.12. The lowest BCUT2D eigenvalue weighted by molar-refractivity contribution is -0.151. The molecule has 2 amide bonds. The molecular weight excluding hydrogens is 465 g/mol. The van der Waals surface area contributed by atoms with Gasteiger partial charge in [0.2, 0.25) is 11.8 Å². The largest absolute Gasteiger partial charge is 0.480 e. The zero-order valence-corrected chi connectivity index (χ0v) is 17.8. The molecule has 0 aromatic heterocycles. The molecule has 4 rings (SSSR count). The Hall–Kier alpha value is -2.95. The molecule has 33 heavy (non-hydrogen) atoms. The topological polar surface area (TPSA) is 107 Å². The van der Waals surface area contributed by atoms with E-state index in [1.165, 1.54) is 18.2 Å². The molecule has 0 radical (unpaired) electrons. The second-order valence-electron chi connectivity index (χ2n) is 8.13. The smallest absolute Gasteiger partial charge is 0.416 e. The highest BCUT2D eigenvalue weighted by molar-refractivity contribution is 6.32. The number of aliphatic carboxylic acids is 1. The van der Waals surface area contributed by atoms with Gasteiger partial charge in [-0.1, -0.05) is 29.8 Å². The van der Waals surface area contributed by atoms with E-state index < -0.39 is 59.5 Å². The van der Waals surface area contributed by atoms with Gasteiger partial charge in [-0.15, -0.1) is 0 Å². The van der Waals surface area contributed by atoms with Crippen LogP contribution in [-0.2, 0) is 20.6 Å². The zero-order valence-electron chi connectivity index (χ0n) is 17.1. The fraction of sp³-hybridized carbons (Fsp3) is 0.318. The third-order valence-corrected chi connectivity index (χ3v) is 6.68. The van der Waals surface area contributed by atoms with Crippen LogP contribution in [0.5, 0.6) is 0 Å². The lowest BCUT2D eigenvalue weighted by Gasteiger charge is -2.29. The van der Waals surface area contributed by atoms with E-state index in [4.69, 9.17) is 11.6 Å². The highest BCUT2D eigenvalue weighted by Crippen LogP contribution is 2.50. The summed E-state index contributed by atoms with van der Waals surface area (Å²) in [7, 11) is 0. The molecule has 2 fully saturated rings. The Bertz CT molecular complexity index is 1170. The number of aliphatic hydroxyl groups is 1. The fourth-order valence-electron chi connectivity index (χ4n) is 4.58. The number of amides is 2. The summed E-state index contributed by atoms with van der Waals surface area (Å²) in [4.78, 5) is 39.7. The van der Waals surface area contributed by atoms with Crippen molar-refractivity contribution in [2.75, 3.05) is 11.5 Å². The van der Waals surface area contributed by atoms with Crippen molar-refractivity contribution in [2.24, 2.45) is 11.8 Å². The summed E-state index contributed by atoms with van der Waals surface area (Å²) in [6.07, 6.45) is -4.67. The Morgan fingerprint density at radius 3 is 2.45 bits per heavy atom. The van der Waals surface area contributed by atoms with E-state index in [-0.39, 0.29) is 16.3 Å². The summed E-state index contributed by atoms with van der Waals surface area (Å²) < 4.78 is 39.8. The summed E-state index contributed by atoms with van der Waals surface area (Å²) in [5.41, 5.74) is -2.50. The molecule has 4 unspecified atom stereocenters. The number of hydrogen-bond acceptors (Lipinski definition) is 5. The Kier molecular flexibility index (Phi) is 5.50. The maximum Gasteiger partial charge on any atom is 0.416 e. The number of halogens is 4. The average molecular weight is 483 g/mol. The van der Waals surface area contributed by atoms with Crippen LogP contribution in [0.15, 0.2) is 42.5 Å². The van der Waals surface area contributed by atoms with Crippen molar-refractivity contribution < 1.29 is 37.8 Å². The summed E-state index contributed by atoms with van der Waals surface area (Å²) in [6, 6.07) is 7.24. The zero-order chi connectivity index (χ0) is 24.3. The Balaban J connectivity index is 1.86. The molecule has 0 spiro atoms. The second kappa shape index (κ2) is 7.82. The predicted molar refractivity (Wildman–Crippen MR) is 110 cm³/mol. The van der Waals surface area contributed by atoms with Crippen molar-refractivity contribution in [2.45, 2.75) is 24.7 Å². The molecule has 2 aromatic carbocycles. The number of carboxylic acids is 1. The predicted octanol–water partition coefficient (Wildman–Crippen LogP) is 2.93. The number of aliphatic hydroxyl groups excluding tert-OH is 1. The van der Waals surface area contributed by atoms with E-state index in [2.05, 4.69) is 5.32 Å². The van der Waals surface area contributed by atoms with Crippen LogP contribution >= 0.6 is 11.6 Å². The van der Waals surface area contributed by atoms with Crippen molar-refractivity contribution >= 4 is 35.1 Å².